The first-order chi connectivity index (χ1) is 11.1. The third-order valence-corrected chi connectivity index (χ3v) is 5.31. The SMILES string of the molecule is COc1ccc(-c2sc(CN)cc2-c2ccc(Cl)cc2Cl)cc1. The molecule has 23 heavy (non-hydrogen) atoms. The molecule has 0 bridgehead atoms. The van der Waals surface area contributed by atoms with Gasteiger partial charge in [0.05, 0.1) is 7.11 Å². The third-order valence-electron chi connectivity index (χ3n) is 3.56. The highest BCUT2D eigenvalue weighted by molar-refractivity contribution is 7.16. The van der Waals surface area contributed by atoms with Crippen molar-refractivity contribution >= 4 is 34.5 Å². The summed E-state index contributed by atoms with van der Waals surface area (Å²) < 4.78 is 5.23. The molecule has 0 fully saturated rings. The van der Waals surface area contributed by atoms with Crippen LogP contribution in [0.2, 0.25) is 10.0 Å². The zero-order chi connectivity index (χ0) is 16.4. The van der Waals surface area contributed by atoms with E-state index in [1.807, 2.05) is 36.4 Å². The zero-order valence-electron chi connectivity index (χ0n) is 12.5. The second kappa shape index (κ2) is 6.93. The molecule has 2 N–H and O–H groups in total. The summed E-state index contributed by atoms with van der Waals surface area (Å²) in [6.45, 7) is 0.499. The summed E-state index contributed by atoms with van der Waals surface area (Å²) in [5.41, 5.74) is 8.97. The number of hydrogen-bond acceptors (Lipinski definition) is 3. The molecule has 0 amide bonds. The van der Waals surface area contributed by atoms with E-state index in [1.54, 1.807) is 24.5 Å². The van der Waals surface area contributed by atoms with E-state index in [4.69, 9.17) is 33.7 Å². The lowest BCUT2D eigenvalue weighted by molar-refractivity contribution is 0.415. The average molecular weight is 364 g/mol. The van der Waals surface area contributed by atoms with Crippen LogP contribution < -0.4 is 10.5 Å². The predicted molar refractivity (Wildman–Crippen MR) is 99.7 cm³/mol. The lowest BCUT2D eigenvalue weighted by atomic mass is 10.0. The Morgan fingerprint density at radius 3 is 2.35 bits per heavy atom. The summed E-state index contributed by atoms with van der Waals surface area (Å²) in [6, 6.07) is 15.6. The molecule has 2 nitrogen and oxygen atoms in total. The summed E-state index contributed by atoms with van der Waals surface area (Å²) in [5.74, 6) is 0.829. The normalized spacial score (nSPS) is 10.8. The van der Waals surface area contributed by atoms with Crippen LogP contribution in [-0.2, 0) is 6.54 Å². The van der Waals surface area contributed by atoms with Crippen molar-refractivity contribution in [1.29, 1.82) is 0 Å². The Kier molecular flexibility index (Phi) is 4.93. The maximum atomic E-state index is 6.39. The molecule has 0 unspecified atom stereocenters. The fourth-order valence-corrected chi connectivity index (χ4v) is 3.97. The maximum Gasteiger partial charge on any atom is 0.118 e. The first-order valence-electron chi connectivity index (χ1n) is 7.05. The molecule has 1 aromatic heterocycles. The second-order valence-corrected chi connectivity index (χ2v) is 6.99. The van der Waals surface area contributed by atoms with Crippen molar-refractivity contribution in [2.24, 2.45) is 5.73 Å². The standard InChI is InChI=1S/C18H15Cl2NOS/c1-22-13-5-2-11(3-6-13)18-16(9-14(10-21)23-18)15-7-4-12(19)8-17(15)20/h2-9H,10,21H2,1H3. The van der Waals surface area contributed by atoms with Crippen LogP contribution in [0, 0.1) is 0 Å². The van der Waals surface area contributed by atoms with Crippen molar-refractivity contribution in [3.63, 3.8) is 0 Å². The van der Waals surface area contributed by atoms with E-state index in [1.165, 1.54) is 0 Å². The molecule has 0 aliphatic heterocycles. The number of thiophene rings is 1. The van der Waals surface area contributed by atoms with Crippen LogP contribution in [0.1, 0.15) is 4.88 Å². The molecule has 5 heteroatoms. The summed E-state index contributed by atoms with van der Waals surface area (Å²) in [6.07, 6.45) is 0. The minimum atomic E-state index is 0.499. The first kappa shape index (κ1) is 16.3. The minimum Gasteiger partial charge on any atom is -0.497 e. The van der Waals surface area contributed by atoms with Gasteiger partial charge in [0.25, 0.3) is 0 Å². The van der Waals surface area contributed by atoms with Gasteiger partial charge in [-0.3, -0.25) is 0 Å². The van der Waals surface area contributed by atoms with Crippen LogP contribution in [0.3, 0.4) is 0 Å². The number of ether oxygens (including phenoxy) is 1. The van der Waals surface area contributed by atoms with Crippen molar-refractivity contribution in [1.82, 2.24) is 0 Å². The average Bonchev–Trinajstić information content (AvgIpc) is 2.99. The molecule has 118 valence electrons. The number of methoxy groups -OCH3 is 1. The molecular formula is C18H15Cl2NOS. The maximum absolute atomic E-state index is 6.39. The molecule has 3 rings (SSSR count). The Morgan fingerprint density at radius 1 is 1.00 bits per heavy atom. The summed E-state index contributed by atoms with van der Waals surface area (Å²) in [5, 5.41) is 1.26. The van der Waals surface area contributed by atoms with Crippen LogP contribution in [0.5, 0.6) is 5.75 Å². The predicted octanol–water partition coefficient (Wildman–Crippen LogP) is 5.86. The zero-order valence-corrected chi connectivity index (χ0v) is 14.8. The quantitative estimate of drug-likeness (QED) is 0.630. The van der Waals surface area contributed by atoms with Gasteiger partial charge < -0.3 is 10.5 Å². The largest absolute Gasteiger partial charge is 0.497 e. The van der Waals surface area contributed by atoms with Crippen molar-refractivity contribution in [3.8, 4) is 27.3 Å². The van der Waals surface area contributed by atoms with Crippen LogP contribution in [-0.4, -0.2) is 7.11 Å². The highest BCUT2D eigenvalue weighted by Gasteiger charge is 2.15. The molecule has 3 aromatic rings. The van der Waals surface area contributed by atoms with E-state index in [2.05, 4.69) is 6.07 Å². The highest BCUT2D eigenvalue weighted by Crippen LogP contribution is 2.42. The molecule has 2 aromatic carbocycles. The first-order valence-corrected chi connectivity index (χ1v) is 8.62. The molecule has 0 aliphatic carbocycles. The van der Waals surface area contributed by atoms with Gasteiger partial charge in [0.2, 0.25) is 0 Å². The Bertz CT molecular complexity index is 828. The van der Waals surface area contributed by atoms with E-state index in [0.29, 0.717) is 16.6 Å². The minimum absolute atomic E-state index is 0.499. The number of hydrogen-bond donors (Lipinski definition) is 1. The van der Waals surface area contributed by atoms with Crippen LogP contribution in [0.4, 0.5) is 0 Å². The summed E-state index contributed by atoms with van der Waals surface area (Å²) in [4.78, 5) is 2.24. The molecule has 1 heterocycles. The molecule has 0 aliphatic rings. The van der Waals surface area contributed by atoms with E-state index in [9.17, 15) is 0 Å². The molecular weight excluding hydrogens is 349 g/mol. The lowest BCUT2D eigenvalue weighted by Gasteiger charge is -2.08. The molecule has 0 saturated heterocycles. The molecule has 0 atom stereocenters. The van der Waals surface area contributed by atoms with Crippen LogP contribution >= 0.6 is 34.5 Å². The molecule has 0 radical (unpaired) electrons. The van der Waals surface area contributed by atoms with Crippen molar-refractivity contribution in [3.05, 3.63) is 63.5 Å². The lowest BCUT2D eigenvalue weighted by Crippen LogP contribution is -1.91. The van der Waals surface area contributed by atoms with Gasteiger partial charge in [-0.15, -0.1) is 11.3 Å². The van der Waals surface area contributed by atoms with E-state index in [-0.39, 0.29) is 0 Å². The highest BCUT2D eigenvalue weighted by atomic mass is 35.5. The van der Waals surface area contributed by atoms with Gasteiger partial charge in [-0.25, -0.2) is 0 Å². The number of rotatable bonds is 4. The summed E-state index contributed by atoms with van der Waals surface area (Å²) >= 11 is 14.1. The monoisotopic (exact) mass is 363 g/mol. The molecule has 0 saturated carbocycles. The van der Waals surface area contributed by atoms with Gasteiger partial charge in [0, 0.05) is 37.5 Å². The smallest absolute Gasteiger partial charge is 0.118 e. The van der Waals surface area contributed by atoms with Crippen LogP contribution in [0.15, 0.2) is 48.5 Å². The second-order valence-electron chi connectivity index (χ2n) is 5.01. The molecule has 0 spiro atoms. The number of benzene rings is 2. The number of halogens is 2. The Hall–Kier alpha value is -1.52. The van der Waals surface area contributed by atoms with Gasteiger partial charge in [-0.1, -0.05) is 29.3 Å². The Labute approximate surface area is 149 Å². The van der Waals surface area contributed by atoms with Crippen molar-refractivity contribution < 1.29 is 4.74 Å². The van der Waals surface area contributed by atoms with Crippen molar-refractivity contribution in [2.75, 3.05) is 7.11 Å². The van der Waals surface area contributed by atoms with E-state index in [0.717, 1.165) is 32.2 Å². The fraction of sp³-hybridized carbons (Fsp3) is 0.111. The van der Waals surface area contributed by atoms with Gasteiger partial charge in [0.15, 0.2) is 0 Å². The Morgan fingerprint density at radius 2 is 1.74 bits per heavy atom. The topological polar surface area (TPSA) is 35.2 Å². The van der Waals surface area contributed by atoms with Crippen LogP contribution in [0.25, 0.3) is 21.6 Å². The Balaban J connectivity index is 2.14. The van der Waals surface area contributed by atoms with Crippen molar-refractivity contribution in [2.45, 2.75) is 6.54 Å². The van der Waals surface area contributed by atoms with Gasteiger partial charge in [-0.05, 0) is 48.0 Å². The van der Waals surface area contributed by atoms with E-state index < -0.39 is 0 Å². The number of nitrogens with two attached hydrogens (primary N) is 1. The fourth-order valence-electron chi connectivity index (χ4n) is 2.41. The third kappa shape index (κ3) is 3.38. The summed E-state index contributed by atoms with van der Waals surface area (Å²) in [7, 11) is 1.66. The van der Waals surface area contributed by atoms with E-state index >= 15 is 0 Å². The van der Waals surface area contributed by atoms with Gasteiger partial charge in [0.1, 0.15) is 5.75 Å². The van der Waals surface area contributed by atoms with Gasteiger partial charge in [-0.2, -0.15) is 0 Å². The van der Waals surface area contributed by atoms with Gasteiger partial charge >= 0.3 is 0 Å².